The van der Waals surface area contributed by atoms with Crippen LogP contribution >= 0.6 is 0 Å². The maximum absolute atomic E-state index is 10.5. The van der Waals surface area contributed by atoms with Crippen molar-refractivity contribution in [3.05, 3.63) is 53.3 Å². The first-order valence-electron chi connectivity index (χ1n) is 7.27. The molecule has 1 aromatic heterocycles. The van der Waals surface area contributed by atoms with Crippen LogP contribution in [-0.4, -0.2) is 35.8 Å². The summed E-state index contributed by atoms with van der Waals surface area (Å²) < 4.78 is 10.8. The second-order valence-corrected chi connectivity index (χ2v) is 5.37. The number of aliphatic hydroxyl groups is 1. The number of hydrogen-bond acceptors (Lipinski definition) is 5. The van der Waals surface area contributed by atoms with E-state index in [0.29, 0.717) is 25.4 Å². The Kier molecular flexibility index (Phi) is 4.27. The number of fused-ring (bicyclic) bond motifs is 1. The van der Waals surface area contributed by atoms with Crippen molar-refractivity contribution in [2.24, 2.45) is 0 Å². The van der Waals surface area contributed by atoms with Gasteiger partial charge in [-0.25, -0.2) is 0 Å². The Labute approximate surface area is 130 Å². The van der Waals surface area contributed by atoms with Gasteiger partial charge in [-0.2, -0.15) is 0 Å². The molecule has 1 atom stereocenters. The number of aliphatic hydroxyl groups excluding tert-OH is 1. The van der Waals surface area contributed by atoms with Gasteiger partial charge in [0.25, 0.3) is 0 Å². The summed E-state index contributed by atoms with van der Waals surface area (Å²) in [6.07, 6.45) is 1.19. The Bertz CT molecular complexity index is 646. The minimum absolute atomic E-state index is 0.549. The standard InChI is InChI=1S/C17H20N2O3/c1-21-15-6-7-16(22-2)17-13(15)10-19(11-14(17)20)9-12-5-3-4-8-18-12/h3-8,14,20H,9-11H2,1-2H3. The number of methoxy groups -OCH3 is 2. The van der Waals surface area contributed by atoms with Crippen molar-refractivity contribution in [2.75, 3.05) is 20.8 Å². The van der Waals surface area contributed by atoms with Crippen molar-refractivity contribution in [1.29, 1.82) is 0 Å². The third-order valence-electron chi connectivity index (χ3n) is 3.97. The maximum atomic E-state index is 10.5. The highest BCUT2D eigenvalue weighted by molar-refractivity contribution is 5.51. The molecule has 5 heteroatoms. The first kappa shape index (κ1) is 14.8. The quantitative estimate of drug-likeness (QED) is 0.937. The van der Waals surface area contributed by atoms with Crippen molar-refractivity contribution in [3.8, 4) is 11.5 Å². The third kappa shape index (κ3) is 2.77. The lowest BCUT2D eigenvalue weighted by molar-refractivity contribution is 0.0836. The van der Waals surface area contributed by atoms with Gasteiger partial charge in [0, 0.05) is 37.0 Å². The van der Waals surface area contributed by atoms with Crippen LogP contribution in [0, 0.1) is 0 Å². The number of hydrogen-bond donors (Lipinski definition) is 1. The van der Waals surface area contributed by atoms with Crippen LogP contribution in [0.15, 0.2) is 36.5 Å². The molecular formula is C17H20N2O3. The smallest absolute Gasteiger partial charge is 0.125 e. The van der Waals surface area contributed by atoms with Crippen LogP contribution in [0.2, 0.25) is 0 Å². The van der Waals surface area contributed by atoms with Gasteiger partial charge in [0.2, 0.25) is 0 Å². The van der Waals surface area contributed by atoms with E-state index in [1.807, 2.05) is 30.3 Å². The van der Waals surface area contributed by atoms with Crippen LogP contribution in [0.5, 0.6) is 11.5 Å². The lowest BCUT2D eigenvalue weighted by Crippen LogP contribution is -2.34. The molecule has 3 rings (SSSR count). The highest BCUT2D eigenvalue weighted by atomic mass is 16.5. The number of nitrogens with zero attached hydrogens (tertiary/aromatic N) is 2. The van der Waals surface area contributed by atoms with Crippen LogP contribution in [0.3, 0.4) is 0 Å². The largest absolute Gasteiger partial charge is 0.496 e. The molecule has 2 aromatic rings. The minimum Gasteiger partial charge on any atom is -0.496 e. The van der Waals surface area contributed by atoms with Gasteiger partial charge in [-0.1, -0.05) is 6.07 Å². The molecule has 0 saturated carbocycles. The zero-order valence-corrected chi connectivity index (χ0v) is 12.8. The summed E-state index contributed by atoms with van der Waals surface area (Å²) in [7, 11) is 3.27. The number of β-amino-alcohol motifs (C(OH)–C–C–N with tert-alkyl or cyclic N) is 1. The van der Waals surface area contributed by atoms with Crippen LogP contribution in [0.25, 0.3) is 0 Å². The van der Waals surface area contributed by atoms with E-state index in [4.69, 9.17) is 9.47 Å². The lowest BCUT2D eigenvalue weighted by atomic mass is 9.95. The molecule has 116 valence electrons. The number of aromatic nitrogens is 1. The first-order valence-corrected chi connectivity index (χ1v) is 7.27. The Morgan fingerprint density at radius 2 is 1.95 bits per heavy atom. The summed E-state index contributed by atoms with van der Waals surface area (Å²) in [6, 6.07) is 9.59. The molecule has 0 saturated heterocycles. The number of pyridine rings is 1. The van der Waals surface area contributed by atoms with Gasteiger partial charge in [-0.15, -0.1) is 0 Å². The van der Waals surface area contributed by atoms with Crippen molar-refractivity contribution in [3.63, 3.8) is 0 Å². The molecule has 0 spiro atoms. The molecule has 0 fully saturated rings. The van der Waals surface area contributed by atoms with Crippen LogP contribution < -0.4 is 9.47 Å². The monoisotopic (exact) mass is 300 g/mol. The Morgan fingerprint density at radius 3 is 2.64 bits per heavy atom. The average Bonchev–Trinajstić information content (AvgIpc) is 2.54. The summed E-state index contributed by atoms with van der Waals surface area (Å²) in [5.74, 6) is 1.49. The van der Waals surface area contributed by atoms with Crippen molar-refractivity contribution in [2.45, 2.75) is 19.2 Å². The normalized spacial score (nSPS) is 17.9. The Balaban J connectivity index is 1.91. The van der Waals surface area contributed by atoms with Gasteiger partial charge in [-0.3, -0.25) is 9.88 Å². The molecule has 0 radical (unpaired) electrons. The Hall–Kier alpha value is -2.11. The number of ether oxygens (including phenoxy) is 2. The van der Waals surface area contributed by atoms with Crippen molar-refractivity contribution in [1.82, 2.24) is 9.88 Å². The van der Waals surface area contributed by atoms with Gasteiger partial charge in [-0.05, 0) is 24.3 Å². The predicted octanol–water partition coefficient (Wildman–Crippen LogP) is 2.15. The lowest BCUT2D eigenvalue weighted by Gasteiger charge is -2.33. The van der Waals surface area contributed by atoms with Crippen molar-refractivity contribution < 1.29 is 14.6 Å². The van der Waals surface area contributed by atoms with Gasteiger partial charge >= 0.3 is 0 Å². The van der Waals surface area contributed by atoms with E-state index in [2.05, 4.69) is 9.88 Å². The van der Waals surface area contributed by atoms with E-state index in [-0.39, 0.29) is 0 Å². The average molecular weight is 300 g/mol. The van der Waals surface area contributed by atoms with E-state index in [0.717, 1.165) is 22.6 Å². The van der Waals surface area contributed by atoms with E-state index in [1.54, 1.807) is 20.4 Å². The summed E-state index contributed by atoms with van der Waals surface area (Å²) in [6.45, 7) is 1.94. The summed E-state index contributed by atoms with van der Waals surface area (Å²) in [5.41, 5.74) is 2.80. The number of rotatable bonds is 4. The molecule has 22 heavy (non-hydrogen) atoms. The zero-order chi connectivity index (χ0) is 15.5. The zero-order valence-electron chi connectivity index (χ0n) is 12.8. The fraction of sp³-hybridized carbons (Fsp3) is 0.353. The molecule has 0 aliphatic carbocycles. The maximum Gasteiger partial charge on any atom is 0.125 e. The van der Waals surface area contributed by atoms with E-state index in [1.165, 1.54) is 0 Å². The van der Waals surface area contributed by atoms with E-state index in [9.17, 15) is 5.11 Å². The summed E-state index contributed by atoms with van der Waals surface area (Å²) >= 11 is 0. The molecule has 0 amide bonds. The van der Waals surface area contributed by atoms with Crippen LogP contribution in [-0.2, 0) is 13.1 Å². The highest BCUT2D eigenvalue weighted by Gasteiger charge is 2.29. The van der Waals surface area contributed by atoms with E-state index >= 15 is 0 Å². The molecule has 1 aliphatic heterocycles. The first-order chi connectivity index (χ1) is 10.7. The van der Waals surface area contributed by atoms with Gasteiger partial charge in [0.1, 0.15) is 11.5 Å². The third-order valence-corrected chi connectivity index (χ3v) is 3.97. The molecule has 2 heterocycles. The van der Waals surface area contributed by atoms with Gasteiger partial charge < -0.3 is 14.6 Å². The topological polar surface area (TPSA) is 54.8 Å². The highest BCUT2D eigenvalue weighted by Crippen LogP contribution is 2.39. The summed E-state index contributed by atoms with van der Waals surface area (Å²) in [5, 5.41) is 10.5. The van der Waals surface area contributed by atoms with Gasteiger partial charge in [0.15, 0.2) is 0 Å². The predicted molar refractivity (Wildman–Crippen MR) is 82.9 cm³/mol. The second-order valence-electron chi connectivity index (χ2n) is 5.37. The second kappa shape index (κ2) is 6.34. The molecule has 5 nitrogen and oxygen atoms in total. The molecule has 0 bridgehead atoms. The van der Waals surface area contributed by atoms with Gasteiger partial charge in [0.05, 0.1) is 26.0 Å². The Morgan fingerprint density at radius 1 is 1.18 bits per heavy atom. The fourth-order valence-corrected chi connectivity index (χ4v) is 2.99. The SMILES string of the molecule is COc1ccc(OC)c2c1CN(Cc1ccccn1)CC2O. The molecule has 1 aromatic carbocycles. The minimum atomic E-state index is -0.600. The van der Waals surface area contributed by atoms with Crippen molar-refractivity contribution >= 4 is 0 Å². The van der Waals surface area contributed by atoms with Crippen LogP contribution in [0.4, 0.5) is 0 Å². The fourth-order valence-electron chi connectivity index (χ4n) is 2.99. The molecule has 1 aliphatic rings. The number of benzene rings is 1. The molecule has 1 unspecified atom stereocenters. The molecule has 1 N–H and O–H groups in total. The summed E-state index contributed by atoms with van der Waals surface area (Å²) in [4.78, 5) is 6.51. The van der Waals surface area contributed by atoms with Crippen LogP contribution in [0.1, 0.15) is 22.9 Å². The van der Waals surface area contributed by atoms with E-state index < -0.39 is 6.10 Å². The molecular weight excluding hydrogens is 280 g/mol.